The lowest BCUT2D eigenvalue weighted by molar-refractivity contribution is -0.135. The lowest BCUT2D eigenvalue weighted by Crippen LogP contribution is -2.48. The molecule has 0 spiro atoms. The van der Waals surface area contributed by atoms with Gasteiger partial charge in [0.2, 0.25) is 18.0 Å². The SMILES string of the molecule is Cc1ccc(C(=O)C(Br)(Br)C(=O)C(=O)C(Br)(Br)C(=O)c2ccc(C)cc2C)c(C)c1. The summed E-state index contributed by atoms with van der Waals surface area (Å²) in [5, 5.41) is 0. The first-order valence-electron chi connectivity index (χ1n) is 8.80. The number of benzene rings is 2. The first-order valence-corrected chi connectivity index (χ1v) is 12.0. The molecule has 0 saturated carbocycles. The number of halogens is 4. The molecule has 0 aromatic heterocycles. The van der Waals surface area contributed by atoms with Gasteiger partial charge in [-0.3, -0.25) is 19.2 Å². The summed E-state index contributed by atoms with van der Waals surface area (Å²) in [5.74, 6) is -3.49. The van der Waals surface area contributed by atoms with Crippen molar-refractivity contribution < 1.29 is 19.2 Å². The van der Waals surface area contributed by atoms with Crippen LogP contribution in [0.25, 0.3) is 0 Å². The molecule has 0 saturated heterocycles. The van der Waals surface area contributed by atoms with E-state index in [4.69, 9.17) is 0 Å². The highest BCUT2D eigenvalue weighted by Crippen LogP contribution is 2.39. The fraction of sp³-hybridized carbons (Fsp3) is 0.273. The molecule has 0 heterocycles. The fourth-order valence-electron chi connectivity index (χ4n) is 2.97. The summed E-state index contributed by atoms with van der Waals surface area (Å²) in [7, 11) is 0. The number of hydrogen-bond donors (Lipinski definition) is 0. The molecule has 4 nitrogen and oxygen atoms in total. The van der Waals surface area contributed by atoms with Gasteiger partial charge in [-0.05, 0) is 38.8 Å². The molecular weight excluding hydrogens is 648 g/mol. The third kappa shape index (κ3) is 4.92. The van der Waals surface area contributed by atoms with Crippen molar-refractivity contribution in [2.45, 2.75) is 34.2 Å². The second kappa shape index (κ2) is 9.27. The minimum absolute atomic E-state index is 0.283. The molecule has 0 N–H and O–H groups in total. The molecule has 0 atom stereocenters. The van der Waals surface area contributed by atoms with E-state index in [1.807, 2.05) is 13.8 Å². The number of aryl methyl sites for hydroxylation is 4. The minimum atomic E-state index is -2.01. The van der Waals surface area contributed by atoms with E-state index in [-0.39, 0.29) is 11.1 Å². The zero-order chi connectivity index (χ0) is 23.0. The summed E-state index contributed by atoms with van der Waals surface area (Å²) >= 11 is 12.3. The van der Waals surface area contributed by atoms with Crippen molar-refractivity contribution in [1.82, 2.24) is 0 Å². The van der Waals surface area contributed by atoms with Crippen LogP contribution in [0.2, 0.25) is 0 Å². The summed E-state index contributed by atoms with van der Waals surface area (Å²) in [6.07, 6.45) is 0. The minimum Gasteiger partial charge on any atom is -0.291 e. The summed E-state index contributed by atoms with van der Waals surface area (Å²) in [6.45, 7) is 7.25. The van der Waals surface area contributed by atoms with Crippen LogP contribution in [0.5, 0.6) is 0 Å². The van der Waals surface area contributed by atoms with Gasteiger partial charge in [0.25, 0.3) is 0 Å². The number of rotatable bonds is 7. The van der Waals surface area contributed by atoms with E-state index in [0.29, 0.717) is 11.1 Å². The molecule has 0 unspecified atom stereocenters. The van der Waals surface area contributed by atoms with Gasteiger partial charge >= 0.3 is 0 Å². The molecule has 2 aromatic carbocycles. The lowest BCUT2D eigenvalue weighted by atomic mass is 9.95. The topological polar surface area (TPSA) is 68.3 Å². The Balaban J connectivity index is 2.38. The van der Waals surface area contributed by atoms with Gasteiger partial charge in [0.15, 0.2) is 11.6 Å². The number of carbonyl (C=O) groups excluding carboxylic acids is 4. The summed E-state index contributed by atoms with van der Waals surface area (Å²) in [4.78, 5) is 52.0. The summed E-state index contributed by atoms with van der Waals surface area (Å²) in [5.41, 5.74) is 3.81. The van der Waals surface area contributed by atoms with Crippen LogP contribution in [0, 0.1) is 27.7 Å². The van der Waals surface area contributed by atoms with Crippen molar-refractivity contribution in [2.75, 3.05) is 0 Å². The van der Waals surface area contributed by atoms with Gasteiger partial charge in [0.1, 0.15) is 0 Å². The van der Waals surface area contributed by atoms with Crippen molar-refractivity contribution >= 4 is 86.9 Å². The number of Topliss-reactive ketones (excluding diaryl/α,β-unsaturated/α-hetero) is 4. The molecule has 2 aromatic rings. The Morgan fingerprint density at radius 2 is 0.900 bits per heavy atom. The molecule has 2 rings (SSSR count). The molecule has 0 aliphatic carbocycles. The molecule has 158 valence electrons. The largest absolute Gasteiger partial charge is 0.291 e. The number of hydrogen-bond acceptors (Lipinski definition) is 4. The average molecular weight is 666 g/mol. The molecule has 8 heteroatoms. The standard InChI is InChI=1S/C22H18Br4O4/c1-11-5-7-15(13(3)9-11)17(27)21(23,24)19(29)20(30)22(25,26)18(28)16-8-6-12(2)10-14(16)4/h5-10H,1-4H3. The van der Waals surface area contributed by atoms with E-state index >= 15 is 0 Å². The van der Waals surface area contributed by atoms with Crippen LogP contribution >= 0.6 is 63.7 Å². The fourth-order valence-corrected chi connectivity index (χ4v) is 4.54. The van der Waals surface area contributed by atoms with Gasteiger partial charge in [0, 0.05) is 11.1 Å². The highest BCUT2D eigenvalue weighted by atomic mass is 79.9. The Hall–Kier alpha value is -0.960. The Morgan fingerprint density at radius 3 is 1.17 bits per heavy atom. The third-order valence-corrected chi connectivity index (χ3v) is 7.48. The van der Waals surface area contributed by atoms with Gasteiger partial charge in [-0.2, -0.15) is 0 Å². The molecule has 0 fully saturated rings. The Kier molecular flexibility index (Phi) is 7.81. The first kappa shape index (κ1) is 25.3. The Morgan fingerprint density at radius 1 is 0.600 bits per heavy atom. The Labute approximate surface area is 208 Å². The quantitative estimate of drug-likeness (QED) is 0.155. The predicted molar refractivity (Wildman–Crippen MR) is 132 cm³/mol. The van der Waals surface area contributed by atoms with Gasteiger partial charge < -0.3 is 0 Å². The van der Waals surface area contributed by atoms with Crippen molar-refractivity contribution in [3.63, 3.8) is 0 Å². The zero-order valence-electron chi connectivity index (χ0n) is 16.6. The van der Waals surface area contributed by atoms with Gasteiger partial charge in [0.05, 0.1) is 0 Å². The first-order chi connectivity index (χ1) is 13.7. The molecule has 0 radical (unpaired) electrons. The maximum atomic E-state index is 13.0. The van der Waals surface area contributed by atoms with Crippen molar-refractivity contribution in [3.05, 3.63) is 69.8 Å². The van der Waals surface area contributed by atoms with Crippen LogP contribution in [-0.4, -0.2) is 29.6 Å². The van der Waals surface area contributed by atoms with E-state index in [9.17, 15) is 19.2 Å². The monoisotopic (exact) mass is 662 g/mol. The number of carbonyl (C=O) groups is 4. The Bertz CT molecular complexity index is 985. The zero-order valence-corrected chi connectivity index (χ0v) is 23.0. The molecule has 30 heavy (non-hydrogen) atoms. The molecular formula is C22H18Br4O4. The van der Waals surface area contributed by atoms with E-state index in [1.54, 1.807) is 50.2 Å². The molecule has 0 aliphatic heterocycles. The van der Waals surface area contributed by atoms with E-state index in [2.05, 4.69) is 63.7 Å². The predicted octanol–water partition coefficient (Wildman–Crippen LogP) is 6.10. The van der Waals surface area contributed by atoms with Gasteiger partial charge in [-0.1, -0.05) is 111 Å². The van der Waals surface area contributed by atoms with E-state index in [0.717, 1.165) is 11.1 Å². The van der Waals surface area contributed by atoms with E-state index < -0.39 is 29.6 Å². The number of alkyl halides is 4. The van der Waals surface area contributed by atoms with Gasteiger partial charge in [-0.25, -0.2) is 0 Å². The molecule has 0 amide bonds. The molecule has 0 aliphatic rings. The third-order valence-electron chi connectivity index (χ3n) is 4.60. The number of ketones is 4. The van der Waals surface area contributed by atoms with Crippen molar-refractivity contribution in [3.8, 4) is 0 Å². The van der Waals surface area contributed by atoms with Crippen LogP contribution in [0.4, 0.5) is 0 Å². The average Bonchev–Trinajstić information content (AvgIpc) is 2.65. The summed E-state index contributed by atoms with van der Waals surface area (Å²) < 4.78 is -4.01. The normalized spacial score (nSPS) is 11.9. The second-order valence-electron chi connectivity index (χ2n) is 7.10. The molecule has 0 bridgehead atoms. The van der Waals surface area contributed by atoms with Crippen LogP contribution < -0.4 is 0 Å². The van der Waals surface area contributed by atoms with Crippen LogP contribution in [0.15, 0.2) is 36.4 Å². The smallest absolute Gasteiger partial charge is 0.236 e. The highest BCUT2D eigenvalue weighted by molar-refractivity contribution is 9.27. The lowest BCUT2D eigenvalue weighted by Gasteiger charge is -2.23. The van der Waals surface area contributed by atoms with Crippen molar-refractivity contribution in [2.24, 2.45) is 0 Å². The van der Waals surface area contributed by atoms with Crippen molar-refractivity contribution in [1.29, 1.82) is 0 Å². The highest BCUT2D eigenvalue weighted by Gasteiger charge is 2.53. The van der Waals surface area contributed by atoms with Gasteiger partial charge in [-0.15, -0.1) is 0 Å². The van der Waals surface area contributed by atoms with Crippen LogP contribution in [0.3, 0.4) is 0 Å². The maximum Gasteiger partial charge on any atom is 0.236 e. The van der Waals surface area contributed by atoms with Crippen LogP contribution in [-0.2, 0) is 9.59 Å². The van der Waals surface area contributed by atoms with Crippen LogP contribution in [0.1, 0.15) is 43.0 Å². The summed E-state index contributed by atoms with van der Waals surface area (Å²) in [6, 6.07) is 10.3. The van der Waals surface area contributed by atoms with E-state index in [1.165, 1.54) is 0 Å². The maximum absolute atomic E-state index is 13.0. The second-order valence-corrected chi connectivity index (χ2v) is 14.0.